The van der Waals surface area contributed by atoms with Crippen molar-refractivity contribution in [2.24, 2.45) is 16.7 Å². The lowest BCUT2D eigenvalue weighted by Crippen LogP contribution is -2.52. The summed E-state index contributed by atoms with van der Waals surface area (Å²) in [5.74, 6) is 0.605. The molecule has 2 bridgehead atoms. The Balaban J connectivity index is 1.98. The van der Waals surface area contributed by atoms with Crippen LogP contribution >= 0.6 is 11.6 Å². The molecule has 3 nitrogen and oxygen atoms in total. The minimum Gasteiger partial charge on any atom is -0.207 e. The van der Waals surface area contributed by atoms with Crippen molar-refractivity contribution in [2.45, 2.75) is 64.8 Å². The zero-order chi connectivity index (χ0) is 17.2. The van der Waals surface area contributed by atoms with Gasteiger partial charge in [-0.05, 0) is 73.1 Å². The van der Waals surface area contributed by atoms with E-state index >= 15 is 0 Å². The Kier molecular flexibility index (Phi) is 3.90. The fourth-order valence-electron chi connectivity index (χ4n) is 4.86. The molecule has 1 aromatic rings. The van der Waals surface area contributed by atoms with E-state index in [1.54, 1.807) is 19.1 Å². The molecule has 1 aromatic carbocycles. The van der Waals surface area contributed by atoms with Crippen molar-refractivity contribution < 1.29 is 8.42 Å². The highest BCUT2D eigenvalue weighted by Crippen LogP contribution is 2.62. The SMILES string of the molecule is Cc1cc(S(=O)(=O)N[C@H]2C(C)(C)[C@@H]3CC[C@@]2(C)C3)c(C)cc1Cl. The van der Waals surface area contributed by atoms with Crippen molar-refractivity contribution in [1.29, 1.82) is 0 Å². The number of halogens is 1. The third-order valence-corrected chi connectivity index (χ3v) is 8.26. The third kappa shape index (κ3) is 2.63. The van der Waals surface area contributed by atoms with Crippen molar-refractivity contribution in [3.05, 3.63) is 28.3 Å². The van der Waals surface area contributed by atoms with Gasteiger partial charge >= 0.3 is 0 Å². The zero-order valence-electron chi connectivity index (χ0n) is 14.5. The maximum atomic E-state index is 13.0. The first-order chi connectivity index (χ1) is 10.5. The van der Waals surface area contributed by atoms with Crippen LogP contribution in [-0.4, -0.2) is 14.5 Å². The number of aryl methyl sites for hydroxylation is 2. The van der Waals surface area contributed by atoms with Crippen LogP contribution in [0.3, 0.4) is 0 Å². The highest BCUT2D eigenvalue weighted by molar-refractivity contribution is 7.89. The van der Waals surface area contributed by atoms with Crippen LogP contribution in [0.25, 0.3) is 0 Å². The van der Waals surface area contributed by atoms with Gasteiger partial charge in [-0.15, -0.1) is 0 Å². The van der Waals surface area contributed by atoms with E-state index in [1.807, 2.05) is 6.92 Å². The average molecular weight is 356 g/mol. The molecule has 0 radical (unpaired) electrons. The Bertz CT molecular complexity index is 752. The number of fused-ring (bicyclic) bond motifs is 2. The Hall–Kier alpha value is -0.580. The second-order valence-electron chi connectivity index (χ2n) is 8.34. The molecule has 0 heterocycles. The maximum absolute atomic E-state index is 13.0. The van der Waals surface area contributed by atoms with Gasteiger partial charge in [-0.3, -0.25) is 0 Å². The van der Waals surface area contributed by atoms with E-state index in [-0.39, 0.29) is 16.9 Å². The van der Waals surface area contributed by atoms with Gasteiger partial charge in [0.2, 0.25) is 10.0 Å². The summed E-state index contributed by atoms with van der Waals surface area (Å²) in [7, 11) is -3.55. The van der Waals surface area contributed by atoms with Crippen LogP contribution in [0.5, 0.6) is 0 Å². The molecular formula is C18H26ClNO2S. The van der Waals surface area contributed by atoms with Crippen molar-refractivity contribution in [2.75, 3.05) is 0 Å². The Morgan fingerprint density at radius 1 is 1.17 bits per heavy atom. The first kappa shape index (κ1) is 17.2. The highest BCUT2D eigenvalue weighted by Gasteiger charge is 2.60. The van der Waals surface area contributed by atoms with Crippen molar-refractivity contribution in [3.8, 4) is 0 Å². The van der Waals surface area contributed by atoms with Crippen LogP contribution in [0.2, 0.25) is 5.02 Å². The summed E-state index contributed by atoms with van der Waals surface area (Å²) in [6.07, 6.45) is 3.43. The molecule has 23 heavy (non-hydrogen) atoms. The molecule has 2 aliphatic rings. The van der Waals surface area contributed by atoms with Gasteiger partial charge < -0.3 is 0 Å². The van der Waals surface area contributed by atoms with Crippen LogP contribution in [0.4, 0.5) is 0 Å². The summed E-state index contributed by atoms with van der Waals surface area (Å²) in [6, 6.07) is 3.40. The summed E-state index contributed by atoms with van der Waals surface area (Å²) in [5, 5.41) is 0.605. The van der Waals surface area contributed by atoms with E-state index in [9.17, 15) is 8.42 Å². The van der Waals surface area contributed by atoms with Gasteiger partial charge in [0, 0.05) is 11.1 Å². The fourth-order valence-corrected chi connectivity index (χ4v) is 6.92. The van der Waals surface area contributed by atoms with E-state index in [0.29, 0.717) is 21.4 Å². The third-order valence-electron chi connectivity index (χ3n) is 6.29. The summed E-state index contributed by atoms with van der Waals surface area (Å²) >= 11 is 6.11. The molecule has 2 saturated carbocycles. The summed E-state index contributed by atoms with van der Waals surface area (Å²) in [4.78, 5) is 0.349. The molecule has 2 fully saturated rings. The van der Waals surface area contributed by atoms with Gasteiger partial charge in [-0.25, -0.2) is 13.1 Å². The van der Waals surface area contributed by atoms with Crippen molar-refractivity contribution >= 4 is 21.6 Å². The standard InChI is InChI=1S/C18H26ClNO2S/c1-11-9-15(12(2)8-14(11)19)23(21,22)20-16-17(3,4)13-6-7-18(16,5)10-13/h8-9,13,16,20H,6-7,10H2,1-5H3/t13-,16+,18+/m1/s1. The van der Waals surface area contributed by atoms with Crippen LogP contribution < -0.4 is 4.72 Å². The minimum absolute atomic E-state index is 0.00452. The number of nitrogens with one attached hydrogen (secondary N) is 1. The molecule has 0 spiro atoms. The van der Waals surface area contributed by atoms with Gasteiger partial charge in [0.25, 0.3) is 0 Å². The quantitative estimate of drug-likeness (QED) is 0.870. The largest absolute Gasteiger partial charge is 0.241 e. The second kappa shape index (κ2) is 5.21. The van der Waals surface area contributed by atoms with E-state index in [0.717, 1.165) is 18.4 Å². The molecule has 0 saturated heterocycles. The fraction of sp³-hybridized carbons (Fsp3) is 0.667. The number of benzene rings is 1. The van der Waals surface area contributed by atoms with Crippen molar-refractivity contribution in [3.63, 3.8) is 0 Å². The van der Waals surface area contributed by atoms with Crippen LogP contribution in [0.15, 0.2) is 17.0 Å². The molecule has 0 amide bonds. The predicted octanol–water partition coefficient (Wildman–Crippen LogP) is 4.45. The minimum atomic E-state index is -3.55. The highest BCUT2D eigenvalue weighted by atomic mass is 35.5. The van der Waals surface area contributed by atoms with Crippen LogP contribution in [0, 0.1) is 30.6 Å². The lowest BCUT2D eigenvalue weighted by atomic mass is 9.69. The van der Waals surface area contributed by atoms with Gasteiger partial charge in [-0.1, -0.05) is 32.4 Å². The topological polar surface area (TPSA) is 46.2 Å². The number of hydrogen-bond donors (Lipinski definition) is 1. The molecule has 1 N–H and O–H groups in total. The molecule has 2 aliphatic carbocycles. The Morgan fingerprint density at radius 3 is 2.39 bits per heavy atom. The first-order valence-corrected chi connectivity index (χ1v) is 10.1. The van der Waals surface area contributed by atoms with Gasteiger partial charge in [0.15, 0.2) is 0 Å². The molecule has 5 heteroatoms. The Morgan fingerprint density at radius 2 is 1.83 bits per heavy atom. The smallest absolute Gasteiger partial charge is 0.207 e. The second-order valence-corrected chi connectivity index (χ2v) is 10.4. The van der Waals surface area contributed by atoms with E-state index < -0.39 is 10.0 Å². The van der Waals surface area contributed by atoms with E-state index in [1.165, 1.54) is 6.42 Å². The van der Waals surface area contributed by atoms with Crippen molar-refractivity contribution in [1.82, 2.24) is 4.72 Å². The molecule has 3 rings (SSSR count). The van der Waals surface area contributed by atoms with Crippen LogP contribution in [-0.2, 0) is 10.0 Å². The normalized spacial score (nSPS) is 32.4. The van der Waals surface area contributed by atoms with Gasteiger partial charge in [-0.2, -0.15) is 0 Å². The molecule has 3 atom stereocenters. The molecule has 0 aliphatic heterocycles. The zero-order valence-corrected chi connectivity index (χ0v) is 16.1. The summed E-state index contributed by atoms with van der Waals surface area (Å²) in [6.45, 7) is 10.3. The van der Waals surface area contributed by atoms with Gasteiger partial charge in [0.05, 0.1) is 4.90 Å². The molecule has 0 unspecified atom stereocenters. The number of sulfonamides is 1. The number of rotatable bonds is 3. The molecule has 128 valence electrons. The molecule has 0 aromatic heterocycles. The Labute approximate surface area is 144 Å². The van der Waals surface area contributed by atoms with E-state index in [4.69, 9.17) is 11.6 Å². The maximum Gasteiger partial charge on any atom is 0.241 e. The lowest BCUT2D eigenvalue weighted by molar-refractivity contribution is 0.127. The average Bonchev–Trinajstić information content (AvgIpc) is 2.90. The monoisotopic (exact) mass is 355 g/mol. The first-order valence-electron chi connectivity index (χ1n) is 8.26. The van der Waals surface area contributed by atoms with Gasteiger partial charge in [0.1, 0.15) is 0 Å². The van der Waals surface area contributed by atoms with Crippen LogP contribution in [0.1, 0.15) is 51.2 Å². The lowest BCUT2D eigenvalue weighted by Gasteiger charge is -2.42. The molecular weight excluding hydrogens is 330 g/mol. The summed E-state index contributed by atoms with van der Waals surface area (Å²) < 4.78 is 29.1. The predicted molar refractivity (Wildman–Crippen MR) is 94.3 cm³/mol. The summed E-state index contributed by atoms with van der Waals surface area (Å²) in [5.41, 5.74) is 1.54. The van der Waals surface area contributed by atoms with E-state index in [2.05, 4.69) is 25.5 Å². The number of hydrogen-bond acceptors (Lipinski definition) is 2.